The highest BCUT2D eigenvalue weighted by atomic mass is 19.4. The maximum atomic E-state index is 12.7. The summed E-state index contributed by atoms with van der Waals surface area (Å²) in [7, 11) is 0. The molecule has 3 rings (SSSR count). The third kappa shape index (κ3) is 6.01. The summed E-state index contributed by atoms with van der Waals surface area (Å²) in [5, 5.41) is 2.83. The van der Waals surface area contributed by atoms with Crippen molar-refractivity contribution < 1.29 is 27.5 Å². The number of rotatable bonds is 8. The van der Waals surface area contributed by atoms with Crippen LogP contribution in [0.3, 0.4) is 0 Å². The normalized spacial score (nSPS) is 21.5. The fraction of sp³-hybridized carbons (Fsp3) is 0.500. The van der Waals surface area contributed by atoms with E-state index in [1.165, 1.54) is 0 Å². The van der Waals surface area contributed by atoms with Crippen molar-refractivity contribution in [1.82, 2.24) is 10.2 Å². The third-order valence-electron chi connectivity index (χ3n) is 5.29. The monoisotopic (exact) mass is 437 g/mol. The average Bonchev–Trinajstić information content (AvgIpc) is 2.73. The van der Waals surface area contributed by atoms with Crippen molar-refractivity contribution in [2.75, 3.05) is 26.3 Å². The maximum absolute atomic E-state index is 12.7. The quantitative estimate of drug-likeness (QED) is 0.501. The van der Waals surface area contributed by atoms with E-state index in [-0.39, 0.29) is 6.04 Å². The topological polar surface area (TPSA) is 71.0 Å². The van der Waals surface area contributed by atoms with E-state index in [0.29, 0.717) is 38.9 Å². The number of halogens is 3. The smallest absolute Gasteiger partial charge is 0.380 e. The van der Waals surface area contributed by atoms with Crippen LogP contribution in [0, 0.1) is 5.92 Å². The number of dihydropyridines is 1. The fourth-order valence-corrected chi connectivity index (χ4v) is 3.63. The molecule has 31 heavy (non-hydrogen) atoms. The van der Waals surface area contributed by atoms with Gasteiger partial charge in [0.15, 0.2) is 0 Å². The number of hydrogen-bond donors (Lipinski definition) is 1. The van der Waals surface area contributed by atoms with E-state index in [9.17, 15) is 22.8 Å². The molecule has 0 saturated heterocycles. The number of nitrogens with zero attached hydrogens (tertiary/aromatic N) is 2. The second-order valence-electron chi connectivity index (χ2n) is 7.63. The van der Waals surface area contributed by atoms with E-state index >= 15 is 0 Å². The van der Waals surface area contributed by atoms with Crippen molar-refractivity contribution in [3.8, 4) is 0 Å². The highest BCUT2D eigenvalue weighted by Crippen LogP contribution is 2.27. The minimum absolute atomic E-state index is 0.387. The molecule has 0 saturated carbocycles. The molecule has 9 heteroatoms. The van der Waals surface area contributed by atoms with Crippen molar-refractivity contribution in [2.24, 2.45) is 10.9 Å². The van der Waals surface area contributed by atoms with Gasteiger partial charge in [0.05, 0.1) is 12.6 Å². The van der Waals surface area contributed by atoms with Gasteiger partial charge in [-0.05, 0) is 23.6 Å². The predicted molar refractivity (Wildman–Crippen MR) is 109 cm³/mol. The van der Waals surface area contributed by atoms with E-state index in [1.54, 1.807) is 0 Å². The highest BCUT2D eigenvalue weighted by molar-refractivity contribution is 6.14. The lowest BCUT2D eigenvalue weighted by atomic mass is 9.94. The average molecular weight is 437 g/mol. The number of benzene rings is 1. The van der Waals surface area contributed by atoms with Gasteiger partial charge in [-0.2, -0.15) is 13.2 Å². The Morgan fingerprint density at radius 1 is 1.29 bits per heavy atom. The lowest BCUT2D eigenvalue weighted by molar-refractivity contribution is -0.132. The first-order valence-corrected chi connectivity index (χ1v) is 10.4. The summed E-state index contributed by atoms with van der Waals surface area (Å²) in [5.74, 6) is -3.14. The molecule has 2 aliphatic rings. The fourth-order valence-electron chi connectivity index (χ4n) is 3.63. The van der Waals surface area contributed by atoms with Gasteiger partial charge in [0.1, 0.15) is 11.6 Å². The van der Waals surface area contributed by atoms with Crippen LogP contribution in [0.5, 0.6) is 0 Å². The van der Waals surface area contributed by atoms with Crippen LogP contribution in [-0.2, 0) is 20.9 Å². The number of nitrogens with one attached hydrogen (secondary N) is 1. The molecule has 2 amide bonds. The largest absolute Gasteiger partial charge is 0.433 e. The highest BCUT2D eigenvalue weighted by Gasteiger charge is 2.39. The Morgan fingerprint density at radius 2 is 2.06 bits per heavy atom. The van der Waals surface area contributed by atoms with Crippen LogP contribution < -0.4 is 5.32 Å². The number of hydrogen-bond acceptors (Lipinski definition) is 4. The van der Waals surface area contributed by atoms with E-state index in [2.05, 4.69) is 22.1 Å². The van der Waals surface area contributed by atoms with Crippen LogP contribution in [-0.4, -0.2) is 54.9 Å². The zero-order valence-electron chi connectivity index (χ0n) is 17.3. The number of aliphatic imine (C=N–C) groups is 1. The van der Waals surface area contributed by atoms with Gasteiger partial charge in [0.2, 0.25) is 5.91 Å². The summed E-state index contributed by atoms with van der Waals surface area (Å²) in [5.41, 5.74) is 0.694. The Labute approximate surface area is 179 Å². The van der Waals surface area contributed by atoms with Gasteiger partial charge in [-0.1, -0.05) is 43.7 Å². The summed E-state index contributed by atoms with van der Waals surface area (Å²) in [6.45, 7) is 5.29. The summed E-state index contributed by atoms with van der Waals surface area (Å²) < 4.78 is 43.9. The molecule has 2 heterocycles. The summed E-state index contributed by atoms with van der Waals surface area (Å²) in [6.07, 6.45) is -1.02. The standard InChI is InChI=1S/C22H26F3N3O3/c1-2-3-11-31-12-10-28-13-15-6-4-5-7-16(15)18(14-28)26-20(29)17-8-9-19(22(23,24)25)27-21(17)30/h4-9,17-18H,2-3,10-14H2,1H3,(H,26,29). The minimum atomic E-state index is -4.73. The van der Waals surface area contributed by atoms with Gasteiger partial charge in [-0.3, -0.25) is 14.5 Å². The lowest BCUT2D eigenvalue weighted by Crippen LogP contribution is -2.45. The molecule has 0 bridgehead atoms. The van der Waals surface area contributed by atoms with E-state index in [0.717, 1.165) is 30.0 Å². The number of carbonyl (C=O) groups is 2. The first-order chi connectivity index (χ1) is 14.8. The minimum Gasteiger partial charge on any atom is -0.380 e. The Bertz CT molecular complexity index is 867. The van der Waals surface area contributed by atoms with Gasteiger partial charge in [0, 0.05) is 26.2 Å². The number of unbranched alkanes of at least 4 members (excludes halogenated alkanes) is 1. The van der Waals surface area contributed by atoms with Crippen molar-refractivity contribution in [3.05, 3.63) is 47.5 Å². The Morgan fingerprint density at radius 3 is 2.77 bits per heavy atom. The molecule has 1 N–H and O–H groups in total. The third-order valence-corrected chi connectivity index (χ3v) is 5.29. The van der Waals surface area contributed by atoms with Crippen LogP contribution in [0.4, 0.5) is 13.2 Å². The number of fused-ring (bicyclic) bond motifs is 1. The molecule has 0 aromatic heterocycles. The predicted octanol–water partition coefficient (Wildman–Crippen LogP) is 3.19. The Balaban J connectivity index is 1.65. The van der Waals surface area contributed by atoms with Gasteiger partial charge < -0.3 is 10.1 Å². The number of alkyl halides is 3. The van der Waals surface area contributed by atoms with Gasteiger partial charge >= 0.3 is 6.18 Å². The number of allylic oxidation sites excluding steroid dienone is 1. The Kier molecular flexibility index (Phi) is 7.61. The molecular weight excluding hydrogens is 411 g/mol. The molecule has 1 aromatic rings. The van der Waals surface area contributed by atoms with Crippen LogP contribution in [0.25, 0.3) is 0 Å². The molecule has 0 aliphatic carbocycles. The van der Waals surface area contributed by atoms with Gasteiger partial charge in [-0.15, -0.1) is 0 Å². The molecule has 6 nitrogen and oxygen atoms in total. The molecular formula is C22H26F3N3O3. The van der Waals surface area contributed by atoms with E-state index in [1.807, 2.05) is 24.3 Å². The molecule has 1 aromatic carbocycles. The van der Waals surface area contributed by atoms with Gasteiger partial charge in [-0.25, -0.2) is 4.99 Å². The molecule has 2 atom stereocenters. The first-order valence-electron chi connectivity index (χ1n) is 10.4. The second kappa shape index (κ2) is 10.2. The summed E-state index contributed by atoms with van der Waals surface area (Å²) in [4.78, 5) is 30.0. The van der Waals surface area contributed by atoms with E-state index in [4.69, 9.17) is 4.74 Å². The van der Waals surface area contributed by atoms with Gasteiger partial charge in [0.25, 0.3) is 5.91 Å². The lowest BCUT2D eigenvalue weighted by Gasteiger charge is -2.35. The molecule has 0 fully saturated rings. The van der Waals surface area contributed by atoms with Crippen molar-refractivity contribution in [1.29, 1.82) is 0 Å². The molecule has 0 radical (unpaired) electrons. The number of carbonyl (C=O) groups excluding carboxylic acids is 2. The summed E-state index contributed by atoms with van der Waals surface area (Å²) >= 11 is 0. The van der Waals surface area contributed by atoms with Crippen LogP contribution in [0.1, 0.15) is 36.9 Å². The molecule has 2 aliphatic heterocycles. The number of amides is 2. The second-order valence-corrected chi connectivity index (χ2v) is 7.63. The zero-order chi connectivity index (χ0) is 22.4. The first kappa shape index (κ1) is 23.1. The van der Waals surface area contributed by atoms with Crippen LogP contribution >= 0.6 is 0 Å². The summed E-state index contributed by atoms with van der Waals surface area (Å²) in [6, 6.07) is 7.28. The molecule has 0 spiro atoms. The van der Waals surface area contributed by atoms with E-state index < -0.39 is 29.6 Å². The molecule has 2 unspecified atom stereocenters. The van der Waals surface area contributed by atoms with Crippen LogP contribution in [0.2, 0.25) is 0 Å². The van der Waals surface area contributed by atoms with Crippen LogP contribution in [0.15, 0.2) is 41.4 Å². The maximum Gasteiger partial charge on any atom is 0.433 e. The van der Waals surface area contributed by atoms with Crippen molar-refractivity contribution in [2.45, 2.75) is 38.5 Å². The number of ether oxygens (including phenoxy) is 1. The van der Waals surface area contributed by atoms with Crippen molar-refractivity contribution in [3.63, 3.8) is 0 Å². The van der Waals surface area contributed by atoms with Crippen molar-refractivity contribution >= 4 is 17.5 Å². The zero-order valence-corrected chi connectivity index (χ0v) is 17.3. The Hall–Kier alpha value is -2.52. The SMILES string of the molecule is CCCCOCCN1Cc2ccccc2C(NC(=O)C2C=CC(C(F)(F)F)=NC2=O)C1. The molecule has 168 valence electrons.